The van der Waals surface area contributed by atoms with Crippen molar-refractivity contribution in [1.29, 1.82) is 0 Å². The fourth-order valence-corrected chi connectivity index (χ4v) is 0.933. The predicted octanol–water partition coefficient (Wildman–Crippen LogP) is 0.399. The molecule has 6 heteroatoms. The molecule has 13 heavy (non-hydrogen) atoms. The van der Waals surface area contributed by atoms with Gasteiger partial charge in [-0.05, 0) is 6.07 Å². The molecule has 0 aliphatic heterocycles. The highest BCUT2D eigenvalue weighted by Crippen LogP contribution is 2.26. The van der Waals surface area contributed by atoms with E-state index in [4.69, 9.17) is 10.8 Å². The van der Waals surface area contributed by atoms with Gasteiger partial charge in [0.25, 0.3) is 11.6 Å². The molecule has 1 aromatic rings. The molecule has 0 aliphatic carbocycles. The molecule has 3 N–H and O–H groups in total. The van der Waals surface area contributed by atoms with Gasteiger partial charge in [0, 0.05) is 6.07 Å². The zero-order valence-corrected chi connectivity index (χ0v) is 6.43. The number of hydrogen-bond donors (Lipinski definition) is 2. The van der Waals surface area contributed by atoms with Crippen molar-refractivity contribution in [2.75, 3.05) is 0 Å². The highest BCUT2D eigenvalue weighted by molar-refractivity contribution is 5.99. The first-order valence-corrected chi connectivity index (χ1v) is 3.30. The number of primary amides is 1. The SMILES string of the molecule is NC(=O)c1c(O)cccc1[N+](=O)[O-]. The van der Waals surface area contributed by atoms with Gasteiger partial charge < -0.3 is 10.8 Å². The Bertz CT molecular complexity index is 375. The van der Waals surface area contributed by atoms with Crippen LogP contribution in [-0.2, 0) is 0 Å². The van der Waals surface area contributed by atoms with E-state index in [1.54, 1.807) is 0 Å². The van der Waals surface area contributed by atoms with Crippen molar-refractivity contribution in [2.45, 2.75) is 0 Å². The van der Waals surface area contributed by atoms with E-state index in [9.17, 15) is 14.9 Å². The molecule has 1 amide bonds. The van der Waals surface area contributed by atoms with Crippen LogP contribution in [0.3, 0.4) is 0 Å². The molecular weight excluding hydrogens is 176 g/mol. The minimum absolute atomic E-state index is 0.465. The molecule has 0 aliphatic rings. The summed E-state index contributed by atoms with van der Waals surface area (Å²) in [7, 11) is 0. The number of nitrogens with zero attached hydrogens (tertiary/aromatic N) is 1. The van der Waals surface area contributed by atoms with Crippen LogP contribution in [0.1, 0.15) is 10.4 Å². The molecule has 0 unspecified atom stereocenters. The van der Waals surface area contributed by atoms with Gasteiger partial charge in [-0.25, -0.2) is 0 Å². The molecule has 1 rings (SSSR count). The average Bonchev–Trinajstić information content (AvgIpc) is 2.02. The molecule has 0 aromatic heterocycles. The summed E-state index contributed by atoms with van der Waals surface area (Å²) in [5.74, 6) is -1.51. The first-order valence-electron chi connectivity index (χ1n) is 3.30. The number of phenols is 1. The van der Waals surface area contributed by atoms with Gasteiger partial charge in [-0.3, -0.25) is 14.9 Å². The summed E-state index contributed by atoms with van der Waals surface area (Å²) in [6.07, 6.45) is 0. The third kappa shape index (κ3) is 1.56. The maximum Gasteiger partial charge on any atom is 0.285 e. The Morgan fingerprint density at radius 3 is 2.54 bits per heavy atom. The highest BCUT2D eigenvalue weighted by Gasteiger charge is 2.21. The van der Waals surface area contributed by atoms with E-state index in [2.05, 4.69) is 0 Å². The van der Waals surface area contributed by atoms with Gasteiger partial charge in [0.15, 0.2) is 5.56 Å². The van der Waals surface area contributed by atoms with E-state index in [1.807, 2.05) is 0 Å². The Labute approximate surface area is 72.7 Å². The minimum Gasteiger partial charge on any atom is -0.507 e. The van der Waals surface area contributed by atoms with Crippen LogP contribution >= 0.6 is 0 Å². The summed E-state index contributed by atoms with van der Waals surface area (Å²) in [5.41, 5.74) is 3.89. The Hall–Kier alpha value is -2.11. The molecule has 68 valence electrons. The maximum atomic E-state index is 10.7. The summed E-state index contributed by atoms with van der Waals surface area (Å²) < 4.78 is 0. The maximum absolute atomic E-state index is 10.7. The summed E-state index contributed by atoms with van der Waals surface area (Å²) in [4.78, 5) is 20.3. The quantitative estimate of drug-likeness (QED) is 0.509. The number of rotatable bonds is 2. The normalized spacial score (nSPS) is 9.54. The van der Waals surface area contributed by atoms with E-state index >= 15 is 0 Å². The number of aromatic hydroxyl groups is 1. The van der Waals surface area contributed by atoms with E-state index in [-0.39, 0.29) is 0 Å². The molecule has 1 aromatic carbocycles. The van der Waals surface area contributed by atoms with Gasteiger partial charge in [-0.2, -0.15) is 0 Å². The molecule has 0 heterocycles. The lowest BCUT2D eigenvalue weighted by Gasteiger charge is -1.99. The number of amides is 1. The smallest absolute Gasteiger partial charge is 0.285 e. The lowest BCUT2D eigenvalue weighted by Crippen LogP contribution is -2.13. The van der Waals surface area contributed by atoms with Crippen molar-refractivity contribution in [3.8, 4) is 5.75 Å². The minimum atomic E-state index is -1.02. The first kappa shape index (κ1) is 8.98. The van der Waals surface area contributed by atoms with Crippen LogP contribution in [0.25, 0.3) is 0 Å². The molecule has 0 saturated heterocycles. The molecule has 0 spiro atoms. The third-order valence-electron chi connectivity index (χ3n) is 1.46. The second-order valence-electron chi connectivity index (χ2n) is 2.29. The number of nitro benzene ring substituents is 1. The van der Waals surface area contributed by atoms with Crippen LogP contribution < -0.4 is 5.73 Å². The zero-order chi connectivity index (χ0) is 10.0. The summed E-state index contributed by atoms with van der Waals surface area (Å²) in [6.45, 7) is 0. The van der Waals surface area contributed by atoms with Gasteiger partial charge in [-0.15, -0.1) is 0 Å². The Morgan fingerprint density at radius 2 is 2.15 bits per heavy atom. The number of nitrogens with two attached hydrogens (primary N) is 1. The molecule has 6 nitrogen and oxygen atoms in total. The van der Waals surface area contributed by atoms with Crippen LogP contribution in [0.4, 0.5) is 5.69 Å². The Balaban J connectivity index is 3.43. The summed E-state index contributed by atoms with van der Waals surface area (Å²) in [6, 6.07) is 3.52. The second kappa shape index (κ2) is 3.10. The van der Waals surface area contributed by atoms with Crippen LogP contribution in [0.5, 0.6) is 5.75 Å². The van der Waals surface area contributed by atoms with Crippen LogP contribution in [0.15, 0.2) is 18.2 Å². The van der Waals surface area contributed by atoms with E-state index in [0.717, 1.165) is 12.1 Å². The fourth-order valence-electron chi connectivity index (χ4n) is 0.933. The zero-order valence-electron chi connectivity index (χ0n) is 6.43. The van der Waals surface area contributed by atoms with E-state index < -0.39 is 27.8 Å². The molecule has 0 atom stereocenters. The van der Waals surface area contributed by atoms with Crippen molar-refractivity contribution in [2.24, 2.45) is 5.73 Å². The van der Waals surface area contributed by atoms with Gasteiger partial charge in [0.05, 0.1) is 4.92 Å². The molecule has 0 saturated carbocycles. The molecule has 0 bridgehead atoms. The highest BCUT2D eigenvalue weighted by atomic mass is 16.6. The molecule has 0 radical (unpaired) electrons. The number of carbonyl (C=O) groups is 1. The van der Waals surface area contributed by atoms with Crippen molar-refractivity contribution in [3.63, 3.8) is 0 Å². The number of hydrogen-bond acceptors (Lipinski definition) is 4. The van der Waals surface area contributed by atoms with Crippen LogP contribution in [-0.4, -0.2) is 15.9 Å². The molecule has 0 fully saturated rings. The van der Waals surface area contributed by atoms with Crippen molar-refractivity contribution in [3.05, 3.63) is 33.9 Å². The average molecular weight is 182 g/mol. The van der Waals surface area contributed by atoms with Crippen LogP contribution in [0, 0.1) is 10.1 Å². The lowest BCUT2D eigenvalue weighted by molar-refractivity contribution is -0.385. The number of benzene rings is 1. The monoisotopic (exact) mass is 182 g/mol. The lowest BCUT2D eigenvalue weighted by atomic mass is 10.1. The second-order valence-corrected chi connectivity index (χ2v) is 2.29. The largest absolute Gasteiger partial charge is 0.507 e. The number of nitro groups is 1. The predicted molar refractivity (Wildman–Crippen MR) is 43.3 cm³/mol. The third-order valence-corrected chi connectivity index (χ3v) is 1.46. The van der Waals surface area contributed by atoms with Crippen molar-refractivity contribution >= 4 is 11.6 Å². The van der Waals surface area contributed by atoms with Gasteiger partial charge in [0.2, 0.25) is 0 Å². The topological polar surface area (TPSA) is 106 Å². The molecular formula is C7H6N2O4. The van der Waals surface area contributed by atoms with E-state index in [0.29, 0.717) is 0 Å². The van der Waals surface area contributed by atoms with Crippen molar-refractivity contribution in [1.82, 2.24) is 0 Å². The van der Waals surface area contributed by atoms with Crippen molar-refractivity contribution < 1.29 is 14.8 Å². The number of carbonyl (C=O) groups excluding carboxylic acids is 1. The van der Waals surface area contributed by atoms with Crippen LogP contribution in [0.2, 0.25) is 0 Å². The standard InChI is InChI=1S/C7H6N2O4/c8-7(11)6-4(9(12)13)2-1-3-5(6)10/h1-3,10H,(H2,8,11). The Morgan fingerprint density at radius 1 is 1.54 bits per heavy atom. The van der Waals surface area contributed by atoms with Gasteiger partial charge >= 0.3 is 0 Å². The first-order chi connectivity index (χ1) is 6.04. The summed E-state index contributed by atoms with van der Waals surface area (Å²) in [5, 5.41) is 19.5. The van der Waals surface area contributed by atoms with E-state index in [1.165, 1.54) is 6.07 Å². The fraction of sp³-hybridized carbons (Fsp3) is 0. The van der Waals surface area contributed by atoms with Gasteiger partial charge in [-0.1, -0.05) is 6.07 Å². The Kier molecular flexibility index (Phi) is 2.14. The summed E-state index contributed by atoms with van der Waals surface area (Å²) >= 11 is 0. The van der Waals surface area contributed by atoms with Gasteiger partial charge in [0.1, 0.15) is 5.75 Å².